The van der Waals surface area contributed by atoms with E-state index in [1.165, 1.54) is 0 Å². The standard InChI is InChI=1S/C17H25N3O3S/c1-10(2)5-7-23-17(22)12(18)9-24-14(16(19)21)8-13-15(24)11(3)4-6-20-13/h4,6,8,10,12,24H,5,7,9,18H2,1-3H3,(H2,19,21)/t12-/m0/s1. The minimum absolute atomic E-state index is 0.337. The van der Waals surface area contributed by atoms with Crippen LogP contribution in [0, 0.1) is 12.8 Å². The highest BCUT2D eigenvalue weighted by Gasteiger charge is 2.31. The first-order valence-corrected chi connectivity index (χ1v) is 9.50. The Bertz CT molecular complexity index is 673. The number of esters is 1. The zero-order valence-corrected chi connectivity index (χ0v) is 15.2. The number of amides is 1. The fourth-order valence-corrected chi connectivity index (χ4v) is 5.13. The summed E-state index contributed by atoms with van der Waals surface area (Å²) in [6, 6.07) is 1.11. The largest absolute Gasteiger partial charge is 0.465 e. The van der Waals surface area contributed by atoms with Gasteiger partial charge in [-0.2, -0.15) is 10.9 Å². The van der Waals surface area contributed by atoms with Gasteiger partial charge in [-0.3, -0.25) is 14.6 Å². The van der Waals surface area contributed by atoms with Crippen LogP contribution in [0.5, 0.6) is 0 Å². The van der Waals surface area contributed by atoms with E-state index in [2.05, 4.69) is 18.8 Å². The number of fused-ring (bicyclic) bond motifs is 1. The number of thiol groups is 1. The van der Waals surface area contributed by atoms with Crippen molar-refractivity contribution in [2.45, 2.75) is 38.1 Å². The zero-order chi connectivity index (χ0) is 17.9. The van der Waals surface area contributed by atoms with Crippen molar-refractivity contribution in [3.8, 4) is 0 Å². The Morgan fingerprint density at radius 1 is 1.38 bits per heavy atom. The van der Waals surface area contributed by atoms with Crippen LogP contribution in [0.2, 0.25) is 0 Å². The van der Waals surface area contributed by atoms with Crippen molar-refractivity contribution in [3.05, 3.63) is 28.4 Å². The number of pyridine rings is 1. The maximum Gasteiger partial charge on any atom is 0.323 e. The van der Waals surface area contributed by atoms with Crippen LogP contribution < -0.4 is 11.5 Å². The molecule has 0 bridgehead atoms. The van der Waals surface area contributed by atoms with Crippen molar-refractivity contribution >= 4 is 28.8 Å². The minimum atomic E-state index is -1.09. The molecule has 0 aliphatic carbocycles. The van der Waals surface area contributed by atoms with Crippen LogP contribution in [0.15, 0.2) is 22.1 Å². The first kappa shape index (κ1) is 18.5. The van der Waals surface area contributed by atoms with E-state index >= 15 is 0 Å². The number of primary amides is 1. The highest BCUT2D eigenvalue weighted by atomic mass is 32.2. The number of rotatable bonds is 7. The number of ether oxygens (including phenoxy) is 1. The van der Waals surface area contributed by atoms with E-state index in [0.29, 0.717) is 23.2 Å². The van der Waals surface area contributed by atoms with Crippen LogP contribution in [0.25, 0.3) is 6.08 Å². The summed E-state index contributed by atoms with van der Waals surface area (Å²) in [4.78, 5) is 29.7. The van der Waals surface area contributed by atoms with Gasteiger partial charge in [0.1, 0.15) is 6.04 Å². The Morgan fingerprint density at radius 3 is 2.71 bits per heavy atom. The van der Waals surface area contributed by atoms with Crippen LogP contribution in [-0.2, 0) is 14.3 Å². The quantitative estimate of drug-likeness (QED) is 0.510. The Morgan fingerprint density at radius 2 is 2.08 bits per heavy atom. The third-order valence-corrected chi connectivity index (χ3v) is 6.67. The lowest BCUT2D eigenvalue weighted by Crippen LogP contribution is -2.36. The lowest BCUT2D eigenvalue weighted by Gasteiger charge is -2.23. The number of aromatic nitrogens is 1. The van der Waals surface area contributed by atoms with Crippen molar-refractivity contribution in [1.82, 2.24) is 4.98 Å². The first-order chi connectivity index (χ1) is 11.3. The SMILES string of the molecule is Cc1ccnc2c1[SH](C[C@H](N)C(=O)OCCC(C)C)C(C(N)=O)=C2. The number of aryl methyl sites for hydroxylation is 1. The van der Waals surface area contributed by atoms with Crippen molar-refractivity contribution < 1.29 is 14.3 Å². The molecule has 1 aromatic heterocycles. The molecule has 1 amide bonds. The third-order valence-electron chi connectivity index (χ3n) is 3.86. The molecule has 1 unspecified atom stereocenters. The monoisotopic (exact) mass is 351 g/mol. The molecule has 6 nitrogen and oxygen atoms in total. The van der Waals surface area contributed by atoms with E-state index in [0.717, 1.165) is 22.6 Å². The van der Waals surface area contributed by atoms with E-state index in [4.69, 9.17) is 16.2 Å². The molecule has 0 spiro atoms. The Kier molecular flexibility index (Phi) is 6.01. The second-order valence-electron chi connectivity index (χ2n) is 6.32. The summed E-state index contributed by atoms with van der Waals surface area (Å²) in [5.41, 5.74) is 13.3. The van der Waals surface area contributed by atoms with Crippen molar-refractivity contribution in [2.24, 2.45) is 17.4 Å². The van der Waals surface area contributed by atoms with Crippen molar-refractivity contribution in [1.29, 1.82) is 0 Å². The van der Waals surface area contributed by atoms with Crippen molar-refractivity contribution in [3.63, 3.8) is 0 Å². The maximum atomic E-state index is 12.1. The fourth-order valence-electron chi connectivity index (χ4n) is 2.52. The van der Waals surface area contributed by atoms with Gasteiger partial charge in [0.05, 0.1) is 17.2 Å². The Labute approximate surface area is 145 Å². The molecule has 1 aliphatic heterocycles. The normalized spacial score (nSPS) is 18.9. The summed E-state index contributed by atoms with van der Waals surface area (Å²) in [6.45, 7) is 6.44. The summed E-state index contributed by atoms with van der Waals surface area (Å²) in [7, 11) is -1.09. The molecule has 0 fully saturated rings. The Balaban J connectivity index is 2.11. The number of nitrogens with two attached hydrogens (primary N) is 2. The minimum Gasteiger partial charge on any atom is -0.465 e. The number of nitrogens with zero attached hydrogens (tertiary/aromatic N) is 1. The van der Waals surface area contributed by atoms with Gasteiger partial charge < -0.3 is 16.2 Å². The van der Waals surface area contributed by atoms with Crippen LogP contribution in [0.1, 0.15) is 31.5 Å². The lowest BCUT2D eigenvalue weighted by molar-refractivity contribution is -0.144. The molecule has 1 aliphatic rings. The predicted octanol–water partition coefficient (Wildman–Crippen LogP) is 1.51. The average molecular weight is 351 g/mol. The van der Waals surface area contributed by atoms with Crippen LogP contribution >= 0.6 is 10.9 Å². The van der Waals surface area contributed by atoms with Gasteiger partial charge in [-0.15, -0.1) is 0 Å². The predicted molar refractivity (Wildman–Crippen MR) is 96.7 cm³/mol. The van der Waals surface area contributed by atoms with Gasteiger partial charge in [-0.05, 0) is 37.0 Å². The molecule has 1 aromatic rings. The fraction of sp³-hybridized carbons (Fsp3) is 0.471. The molecular weight excluding hydrogens is 326 g/mol. The van der Waals surface area contributed by atoms with Crippen LogP contribution in [-0.4, -0.2) is 35.3 Å². The molecule has 2 rings (SSSR count). The molecule has 2 heterocycles. The summed E-state index contributed by atoms with van der Waals surface area (Å²) in [6.07, 6.45) is 4.21. The zero-order valence-electron chi connectivity index (χ0n) is 14.3. The molecular formula is C17H25N3O3S. The molecule has 2 atom stereocenters. The molecule has 0 saturated carbocycles. The molecule has 0 aromatic carbocycles. The van der Waals surface area contributed by atoms with Crippen LogP contribution in [0.3, 0.4) is 0 Å². The summed E-state index contributed by atoms with van der Waals surface area (Å²) in [5, 5.41) is 0. The van der Waals surface area contributed by atoms with Gasteiger partial charge in [-0.1, -0.05) is 13.8 Å². The average Bonchev–Trinajstić information content (AvgIpc) is 2.87. The highest BCUT2D eigenvalue weighted by Crippen LogP contribution is 2.52. The second-order valence-corrected chi connectivity index (χ2v) is 8.47. The van der Waals surface area contributed by atoms with E-state index < -0.39 is 28.8 Å². The number of hydrogen-bond acceptors (Lipinski definition) is 5. The molecule has 0 saturated heterocycles. The van der Waals surface area contributed by atoms with Gasteiger partial charge in [0.25, 0.3) is 5.91 Å². The lowest BCUT2D eigenvalue weighted by atomic mass is 10.1. The second kappa shape index (κ2) is 7.81. The van der Waals surface area contributed by atoms with E-state index in [1.54, 1.807) is 12.3 Å². The van der Waals surface area contributed by atoms with Crippen LogP contribution in [0.4, 0.5) is 0 Å². The first-order valence-electron chi connectivity index (χ1n) is 7.98. The van der Waals surface area contributed by atoms with Gasteiger partial charge in [0.15, 0.2) is 0 Å². The summed E-state index contributed by atoms with van der Waals surface area (Å²) >= 11 is 0. The van der Waals surface area contributed by atoms with E-state index in [9.17, 15) is 9.59 Å². The van der Waals surface area contributed by atoms with Gasteiger partial charge in [0, 0.05) is 16.8 Å². The van der Waals surface area contributed by atoms with E-state index in [-0.39, 0.29) is 0 Å². The summed E-state index contributed by atoms with van der Waals surface area (Å²) < 4.78 is 5.23. The maximum absolute atomic E-state index is 12.1. The number of hydrogen-bond donors (Lipinski definition) is 3. The molecule has 4 N–H and O–H groups in total. The van der Waals surface area contributed by atoms with Gasteiger partial charge in [0.2, 0.25) is 0 Å². The van der Waals surface area contributed by atoms with E-state index in [1.807, 2.05) is 13.0 Å². The van der Waals surface area contributed by atoms with Gasteiger partial charge >= 0.3 is 5.97 Å². The number of carbonyl (C=O) groups is 2. The smallest absolute Gasteiger partial charge is 0.323 e. The number of carbonyl (C=O) groups excluding carboxylic acids is 2. The molecule has 132 valence electrons. The van der Waals surface area contributed by atoms with Gasteiger partial charge in [-0.25, -0.2) is 0 Å². The molecule has 7 heteroatoms. The molecule has 24 heavy (non-hydrogen) atoms. The Hall–Kier alpha value is -1.86. The summed E-state index contributed by atoms with van der Waals surface area (Å²) in [5.74, 6) is -0.126. The molecule has 0 radical (unpaired) electrons. The third kappa shape index (κ3) is 4.15. The topological polar surface area (TPSA) is 108 Å². The van der Waals surface area contributed by atoms with Crippen molar-refractivity contribution in [2.75, 3.05) is 12.4 Å². The highest BCUT2D eigenvalue weighted by molar-refractivity contribution is 8.21.